The third-order valence-electron chi connectivity index (χ3n) is 3.52. The maximum atomic E-state index is 11.6. The van der Waals surface area contributed by atoms with Crippen LogP contribution in [0.5, 0.6) is 0 Å². The monoisotopic (exact) mass is 282 g/mol. The molecule has 0 aliphatic heterocycles. The van der Waals surface area contributed by atoms with Crippen LogP contribution < -0.4 is 10.6 Å². The molecule has 1 fully saturated rings. The molecule has 0 bridgehead atoms. The van der Waals surface area contributed by atoms with E-state index in [2.05, 4.69) is 10.6 Å². The molecule has 0 unspecified atom stereocenters. The molecule has 1 aliphatic carbocycles. The van der Waals surface area contributed by atoms with Gasteiger partial charge < -0.3 is 15.7 Å². The molecular weight excluding hydrogens is 264 g/mol. The van der Waals surface area contributed by atoms with E-state index in [1.165, 1.54) is 5.56 Å². The minimum Gasteiger partial charge on any atom is -0.396 e. The minimum absolute atomic E-state index is 0.0822. The first kappa shape index (κ1) is 14.2. The Balaban J connectivity index is 1.82. The van der Waals surface area contributed by atoms with Gasteiger partial charge in [0.15, 0.2) is 0 Å². The van der Waals surface area contributed by atoms with Crippen molar-refractivity contribution in [1.29, 1.82) is 0 Å². The Morgan fingerprint density at radius 3 is 2.53 bits per heavy atom. The summed E-state index contributed by atoms with van der Waals surface area (Å²) < 4.78 is 0. The van der Waals surface area contributed by atoms with E-state index >= 15 is 0 Å². The summed E-state index contributed by atoms with van der Waals surface area (Å²) in [5.41, 5.74) is 1.31. The van der Waals surface area contributed by atoms with Crippen LogP contribution >= 0.6 is 11.6 Å². The lowest BCUT2D eigenvalue weighted by atomic mass is 9.96. The Bertz CT molecular complexity index is 430. The molecule has 0 spiro atoms. The third kappa shape index (κ3) is 3.85. The maximum Gasteiger partial charge on any atom is 0.314 e. The normalized spacial score (nSPS) is 15.9. The van der Waals surface area contributed by atoms with E-state index in [9.17, 15) is 4.79 Å². The molecule has 0 heterocycles. The predicted molar refractivity (Wildman–Crippen MR) is 75.5 cm³/mol. The van der Waals surface area contributed by atoms with Crippen LogP contribution in [0.3, 0.4) is 0 Å². The minimum atomic E-state index is -0.173. The Kier molecular flexibility index (Phi) is 4.66. The zero-order valence-electron chi connectivity index (χ0n) is 10.8. The first-order chi connectivity index (χ1) is 9.16. The van der Waals surface area contributed by atoms with E-state index < -0.39 is 0 Å². The summed E-state index contributed by atoms with van der Waals surface area (Å²) in [7, 11) is 0. The number of carbonyl (C=O) groups is 1. The molecule has 4 nitrogen and oxygen atoms in total. The van der Waals surface area contributed by atoms with Crippen molar-refractivity contribution in [3.8, 4) is 0 Å². The fraction of sp³-hybridized carbons (Fsp3) is 0.500. The van der Waals surface area contributed by atoms with Crippen LogP contribution in [0.15, 0.2) is 24.3 Å². The number of benzene rings is 1. The van der Waals surface area contributed by atoms with Crippen LogP contribution in [0.1, 0.15) is 24.8 Å². The lowest BCUT2D eigenvalue weighted by Gasteiger charge is -2.17. The SMILES string of the molecule is O=C(NCCCO)NCC1(c2ccc(Cl)cc2)CC1. The van der Waals surface area contributed by atoms with E-state index in [-0.39, 0.29) is 18.1 Å². The summed E-state index contributed by atoms with van der Waals surface area (Å²) in [6.45, 7) is 1.23. The van der Waals surface area contributed by atoms with Crippen LogP contribution in [-0.4, -0.2) is 30.8 Å². The van der Waals surface area contributed by atoms with Gasteiger partial charge in [0, 0.05) is 30.1 Å². The molecule has 0 atom stereocenters. The average molecular weight is 283 g/mol. The van der Waals surface area contributed by atoms with Gasteiger partial charge in [0.1, 0.15) is 0 Å². The number of amides is 2. The number of carbonyl (C=O) groups excluding carboxylic acids is 1. The highest BCUT2D eigenvalue weighted by Crippen LogP contribution is 2.47. The first-order valence-electron chi connectivity index (χ1n) is 6.55. The Hall–Kier alpha value is -1.26. The van der Waals surface area contributed by atoms with Gasteiger partial charge in [0.05, 0.1) is 0 Å². The van der Waals surface area contributed by atoms with Crippen molar-refractivity contribution in [3.05, 3.63) is 34.9 Å². The maximum absolute atomic E-state index is 11.6. The number of aliphatic hydroxyl groups is 1. The van der Waals surface area contributed by atoms with Crippen LogP contribution in [0.25, 0.3) is 0 Å². The second-order valence-electron chi connectivity index (χ2n) is 4.97. The van der Waals surface area contributed by atoms with Gasteiger partial charge in [-0.05, 0) is 37.0 Å². The zero-order chi connectivity index (χ0) is 13.7. The van der Waals surface area contributed by atoms with E-state index in [1.54, 1.807) is 0 Å². The molecule has 1 aromatic carbocycles. The molecule has 1 aliphatic rings. The molecule has 19 heavy (non-hydrogen) atoms. The van der Waals surface area contributed by atoms with E-state index in [4.69, 9.17) is 16.7 Å². The van der Waals surface area contributed by atoms with Crippen LogP contribution in [0, 0.1) is 0 Å². The van der Waals surface area contributed by atoms with Crippen molar-refractivity contribution in [2.75, 3.05) is 19.7 Å². The third-order valence-corrected chi connectivity index (χ3v) is 3.77. The van der Waals surface area contributed by atoms with E-state index in [0.717, 1.165) is 17.9 Å². The number of hydrogen-bond acceptors (Lipinski definition) is 2. The first-order valence-corrected chi connectivity index (χ1v) is 6.93. The zero-order valence-corrected chi connectivity index (χ0v) is 11.5. The number of urea groups is 1. The lowest BCUT2D eigenvalue weighted by Crippen LogP contribution is -2.40. The highest BCUT2D eigenvalue weighted by Gasteiger charge is 2.44. The fourth-order valence-electron chi connectivity index (χ4n) is 2.11. The average Bonchev–Trinajstić information content (AvgIpc) is 3.19. The molecule has 1 aromatic rings. The molecule has 5 heteroatoms. The summed E-state index contributed by atoms with van der Waals surface area (Å²) in [5, 5.41) is 15.0. The summed E-state index contributed by atoms with van der Waals surface area (Å²) >= 11 is 5.88. The molecule has 0 aromatic heterocycles. The summed E-state index contributed by atoms with van der Waals surface area (Å²) in [6.07, 6.45) is 2.76. The highest BCUT2D eigenvalue weighted by atomic mass is 35.5. The Morgan fingerprint density at radius 1 is 1.26 bits per heavy atom. The van der Waals surface area contributed by atoms with Crippen LogP contribution in [0.2, 0.25) is 5.02 Å². The van der Waals surface area contributed by atoms with Gasteiger partial charge in [-0.25, -0.2) is 4.79 Å². The number of rotatable bonds is 6. The number of aliphatic hydroxyl groups excluding tert-OH is 1. The number of hydrogen-bond donors (Lipinski definition) is 3. The summed E-state index contributed by atoms with van der Waals surface area (Å²) in [6, 6.07) is 7.66. The van der Waals surface area contributed by atoms with Crippen molar-refractivity contribution in [2.45, 2.75) is 24.7 Å². The molecule has 104 valence electrons. The Labute approximate surface area is 118 Å². The van der Waals surface area contributed by atoms with Crippen molar-refractivity contribution >= 4 is 17.6 Å². The van der Waals surface area contributed by atoms with Gasteiger partial charge in [-0.1, -0.05) is 23.7 Å². The van der Waals surface area contributed by atoms with Crippen molar-refractivity contribution in [1.82, 2.24) is 10.6 Å². The standard InChI is InChI=1S/C14H19ClN2O2/c15-12-4-2-11(3-5-12)14(6-7-14)10-17-13(19)16-8-1-9-18/h2-5,18H,1,6-10H2,(H2,16,17,19). The molecule has 0 radical (unpaired) electrons. The van der Waals surface area contributed by atoms with Gasteiger partial charge in [-0.3, -0.25) is 0 Å². The smallest absolute Gasteiger partial charge is 0.314 e. The van der Waals surface area contributed by atoms with Crippen LogP contribution in [0.4, 0.5) is 4.79 Å². The van der Waals surface area contributed by atoms with Gasteiger partial charge in [-0.2, -0.15) is 0 Å². The lowest BCUT2D eigenvalue weighted by molar-refractivity contribution is 0.237. The van der Waals surface area contributed by atoms with E-state index in [1.807, 2.05) is 24.3 Å². The molecule has 1 saturated carbocycles. The van der Waals surface area contributed by atoms with Crippen molar-refractivity contribution < 1.29 is 9.90 Å². The fourth-order valence-corrected chi connectivity index (χ4v) is 2.24. The van der Waals surface area contributed by atoms with Gasteiger partial charge in [0.2, 0.25) is 0 Å². The summed E-state index contributed by atoms with van der Waals surface area (Å²) in [4.78, 5) is 11.6. The van der Waals surface area contributed by atoms with Gasteiger partial charge in [-0.15, -0.1) is 0 Å². The second-order valence-corrected chi connectivity index (χ2v) is 5.41. The Morgan fingerprint density at radius 2 is 1.95 bits per heavy atom. The van der Waals surface area contributed by atoms with Gasteiger partial charge in [0.25, 0.3) is 0 Å². The quantitative estimate of drug-likeness (QED) is 0.700. The van der Waals surface area contributed by atoms with Crippen molar-refractivity contribution in [2.24, 2.45) is 0 Å². The molecular formula is C14H19ClN2O2. The van der Waals surface area contributed by atoms with E-state index in [0.29, 0.717) is 19.5 Å². The van der Waals surface area contributed by atoms with Crippen LogP contribution in [-0.2, 0) is 5.41 Å². The predicted octanol–water partition coefficient (Wildman–Crippen LogP) is 2.05. The molecule has 2 amide bonds. The molecule has 0 saturated heterocycles. The number of nitrogens with one attached hydrogen (secondary N) is 2. The molecule has 3 N–H and O–H groups in total. The molecule has 2 rings (SSSR count). The van der Waals surface area contributed by atoms with Gasteiger partial charge >= 0.3 is 6.03 Å². The topological polar surface area (TPSA) is 61.4 Å². The summed E-state index contributed by atoms with van der Waals surface area (Å²) in [5.74, 6) is 0. The number of halogens is 1. The second kappa shape index (κ2) is 6.26. The van der Waals surface area contributed by atoms with Crippen molar-refractivity contribution in [3.63, 3.8) is 0 Å². The highest BCUT2D eigenvalue weighted by molar-refractivity contribution is 6.30. The largest absolute Gasteiger partial charge is 0.396 e.